The fraction of sp³-hybridized carbons (Fsp3) is 0.593. The molecule has 0 heterocycles. The van der Waals surface area contributed by atoms with Gasteiger partial charge in [0, 0.05) is 6.54 Å². The molecule has 1 rings (SSSR count). The minimum atomic E-state index is -1.18. The van der Waals surface area contributed by atoms with Crippen LogP contribution in [-0.4, -0.2) is 70.6 Å². The van der Waals surface area contributed by atoms with Gasteiger partial charge in [-0.25, -0.2) is 4.79 Å². The highest BCUT2D eigenvalue weighted by atomic mass is 16.4. The van der Waals surface area contributed by atoms with E-state index in [0.29, 0.717) is 12.8 Å². The lowest BCUT2D eigenvalue weighted by molar-refractivity contribution is -0.144. The number of nitrogens with zero attached hydrogens (tertiary/aromatic N) is 1. The Balaban J connectivity index is 3.05. The minimum absolute atomic E-state index is 0.0142. The first-order valence-electron chi connectivity index (χ1n) is 13.5. The quantitative estimate of drug-likeness (QED) is 0.0719. The number of phenolic OH excluding ortho intramolecular Hbond substituents is 1. The average molecular weight is 564 g/mol. The molecule has 0 bridgehead atoms. The Bertz CT molecular complexity index is 1010. The molecule has 13 heteroatoms. The summed E-state index contributed by atoms with van der Waals surface area (Å²) in [5, 5.41) is 26.9. The van der Waals surface area contributed by atoms with Crippen LogP contribution in [0.2, 0.25) is 0 Å². The van der Waals surface area contributed by atoms with Crippen LogP contribution in [0.5, 0.6) is 5.75 Å². The van der Waals surface area contributed by atoms with Gasteiger partial charge in [-0.15, -0.1) is 0 Å². The predicted molar refractivity (Wildman–Crippen MR) is 152 cm³/mol. The highest BCUT2D eigenvalue weighted by Crippen LogP contribution is 2.13. The Hall–Kier alpha value is -3.87. The topological polar surface area (TPSA) is 235 Å². The second kappa shape index (κ2) is 17.0. The number of guanidine groups is 1. The van der Waals surface area contributed by atoms with E-state index in [1.807, 2.05) is 20.8 Å². The van der Waals surface area contributed by atoms with Crippen molar-refractivity contribution in [3.63, 3.8) is 0 Å². The molecule has 1 aromatic rings. The monoisotopic (exact) mass is 563 g/mol. The lowest BCUT2D eigenvalue weighted by Crippen LogP contribution is -2.58. The van der Waals surface area contributed by atoms with Crippen LogP contribution in [0.25, 0.3) is 0 Å². The van der Waals surface area contributed by atoms with Crippen LogP contribution in [-0.2, 0) is 25.6 Å². The molecule has 0 aliphatic rings. The summed E-state index contributed by atoms with van der Waals surface area (Å²) in [5.74, 6) is -3.35. The maximum atomic E-state index is 13.3. The number of rotatable bonds is 17. The summed E-state index contributed by atoms with van der Waals surface area (Å²) in [6.45, 7) is 7.49. The molecule has 0 aliphatic carbocycles. The van der Waals surface area contributed by atoms with E-state index < -0.39 is 47.9 Å². The number of carbonyl (C=O) groups excluding carboxylic acids is 3. The zero-order chi connectivity index (χ0) is 30.4. The highest BCUT2D eigenvalue weighted by molar-refractivity contribution is 5.94. The summed E-state index contributed by atoms with van der Waals surface area (Å²) in [6, 6.07) is 2.09. The molecule has 11 N–H and O–H groups in total. The van der Waals surface area contributed by atoms with Gasteiger partial charge in [0.15, 0.2) is 5.96 Å². The summed E-state index contributed by atoms with van der Waals surface area (Å²) in [6.07, 6.45) is 1.44. The van der Waals surface area contributed by atoms with Gasteiger partial charge in [0.1, 0.15) is 23.9 Å². The molecule has 224 valence electrons. The van der Waals surface area contributed by atoms with E-state index in [1.165, 1.54) is 12.1 Å². The molecule has 0 aliphatic heterocycles. The zero-order valence-corrected chi connectivity index (χ0v) is 23.7. The van der Waals surface area contributed by atoms with E-state index in [2.05, 4.69) is 20.9 Å². The first-order chi connectivity index (χ1) is 18.7. The van der Waals surface area contributed by atoms with Crippen molar-refractivity contribution in [1.82, 2.24) is 16.0 Å². The molecule has 3 amide bonds. The number of aliphatic carboxylic acids is 1. The number of nitrogens with one attached hydrogen (secondary N) is 3. The van der Waals surface area contributed by atoms with Crippen molar-refractivity contribution in [2.24, 2.45) is 34.0 Å². The summed E-state index contributed by atoms with van der Waals surface area (Å²) in [7, 11) is 0. The highest BCUT2D eigenvalue weighted by Gasteiger charge is 2.32. The number of carboxylic acid groups (broad SMARTS) is 1. The fourth-order valence-corrected chi connectivity index (χ4v) is 3.94. The molecule has 0 saturated heterocycles. The van der Waals surface area contributed by atoms with Crippen molar-refractivity contribution in [3.05, 3.63) is 29.8 Å². The van der Waals surface area contributed by atoms with E-state index in [-0.39, 0.29) is 49.4 Å². The van der Waals surface area contributed by atoms with Crippen molar-refractivity contribution in [1.29, 1.82) is 0 Å². The van der Waals surface area contributed by atoms with Crippen molar-refractivity contribution >= 4 is 29.7 Å². The average Bonchev–Trinajstić information content (AvgIpc) is 2.88. The van der Waals surface area contributed by atoms with Gasteiger partial charge in [-0.3, -0.25) is 19.4 Å². The number of hydrogen-bond donors (Lipinski definition) is 8. The molecule has 0 radical (unpaired) electrons. The SMILES string of the molecule is CCC(C)C(NC(=O)C(CCCN=C(N)N)NC(=O)C(CC(C)C)NC(=O)C(N)Cc1ccc(O)cc1)C(=O)O. The second-order valence-electron chi connectivity index (χ2n) is 10.4. The van der Waals surface area contributed by atoms with Gasteiger partial charge in [-0.1, -0.05) is 46.2 Å². The van der Waals surface area contributed by atoms with Crippen LogP contribution in [0.1, 0.15) is 58.9 Å². The number of benzene rings is 1. The summed E-state index contributed by atoms with van der Waals surface area (Å²) in [5.41, 5.74) is 17.5. The largest absolute Gasteiger partial charge is 0.508 e. The van der Waals surface area contributed by atoms with Crippen LogP contribution in [0.4, 0.5) is 0 Å². The summed E-state index contributed by atoms with van der Waals surface area (Å²) in [4.78, 5) is 55.0. The number of carbonyl (C=O) groups is 4. The standard InChI is InChI=1S/C27H45N7O6/c1-5-16(4)22(26(39)40)34-24(37)20(7-6-12-31-27(29)30)32-25(38)21(13-15(2)3)33-23(36)19(28)14-17-8-10-18(35)11-9-17/h8-11,15-16,19-22,35H,5-7,12-14,28H2,1-4H3,(H,32,38)(H,33,36)(H,34,37)(H,39,40)(H4,29,30,31). The number of aliphatic imine (C=N–C) groups is 1. The smallest absolute Gasteiger partial charge is 0.326 e. The summed E-state index contributed by atoms with van der Waals surface area (Å²) < 4.78 is 0. The van der Waals surface area contributed by atoms with Crippen molar-refractivity contribution in [2.45, 2.75) is 84.0 Å². The molecule has 0 spiro atoms. The van der Waals surface area contributed by atoms with Crippen LogP contribution < -0.4 is 33.2 Å². The molecule has 5 unspecified atom stereocenters. The number of phenols is 1. The third kappa shape index (κ3) is 12.3. The third-order valence-electron chi connectivity index (χ3n) is 6.42. The van der Waals surface area contributed by atoms with Crippen LogP contribution in [0, 0.1) is 11.8 Å². The van der Waals surface area contributed by atoms with Gasteiger partial charge in [0.25, 0.3) is 0 Å². The number of aromatic hydroxyl groups is 1. The molecule has 13 nitrogen and oxygen atoms in total. The first kappa shape index (κ1) is 34.2. The maximum Gasteiger partial charge on any atom is 0.326 e. The molecule has 40 heavy (non-hydrogen) atoms. The Morgan fingerprint density at radius 3 is 2.02 bits per heavy atom. The second-order valence-corrected chi connectivity index (χ2v) is 10.4. The van der Waals surface area contributed by atoms with Crippen LogP contribution in [0.15, 0.2) is 29.3 Å². The Morgan fingerprint density at radius 2 is 1.50 bits per heavy atom. The summed E-state index contributed by atoms with van der Waals surface area (Å²) >= 11 is 0. The van der Waals surface area contributed by atoms with Gasteiger partial charge in [0.2, 0.25) is 17.7 Å². The van der Waals surface area contributed by atoms with Crippen LogP contribution >= 0.6 is 0 Å². The molecular formula is C27H45N7O6. The molecular weight excluding hydrogens is 518 g/mol. The van der Waals surface area contributed by atoms with E-state index >= 15 is 0 Å². The van der Waals surface area contributed by atoms with Crippen molar-refractivity contribution in [2.75, 3.05) is 6.54 Å². The van der Waals surface area contributed by atoms with Crippen LogP contribution in [0.3, 0.4) is 0 Å². The fourth-order valence-electron chi connectivity index (χ4n) is 3.94. The normalized spacial score (nSPS) is 14.8. The number of hydrogen-bond acceptors (Lipinski definition) is 7. The molecule has 5 atom stereocenters. The van der Waals surface area contributed by atoms with Gasteiger partial charge in [-0.2, -0.15) is 0 Å². The van der Waals surface area contributed by atoms with E-state index in [4.69, 9.17) is 17.2 Å². The number of carboxylic acids is 1. The van der Waals surface area contributed by atoms with E-state index in [0.717, 1.165) is 5.56 Å². The predicted octanol–water partition coefficient (Wildman–Crippen LogP) is -0.0532. The number of amides is 3. The lowest BCUT2D eigenvalue weighted by Gasteiger charge is -2.27. The van der Waals surface area contributed by atoms with Crippen molar-refractivity contribution < 1.29 is 29.4 Å². The molecule has 0 aromatic heterocycles. The Kier molecular flexibility index (Phi) is 14.5. The molecule has 0 fully saturated rings. The van der Waals surface area contributed by atoms with Gasteiger partial charge < -0.3 is 43.4 Å². The maximum absolute atomic E-state index is 13.3. The third-order valence-corrected chi connectivity index (χ3v) is 6.42. The van der Waals surface area contributed by atoms with Gasteiger partial charge in [-0.05, 0) is 55.2 Å². The zero-order valence-electron chi connectivity index (χ0n) is 23.7. The first-order valence-corrected chi connectivity index (χ1v) is 13.5. The Morgan fingerprint density at radius 1 is 0.925 bits per heavy atom. The van der Waals surface area contributed by atoms with E-state index in [1.54, 1.807) is 19.1 Å². The Labute approximate surface area is 235 Å². The lowest BCUT2D eigenvalue weighted by atomic mass is 9.98. The van der Waals surface area contributed by atoms with Gasteiger partial charge >= 0.3 is 5.97 Å². The minimum Gasteiger partial charge on any atom is -0.508 e. The van der Waals surface area contributed by atoms with E-state index in [9.17, 15) is 29.4 Å². The molecule has 0 saturated carbocycles. The number of nitrogens with two attached hydrogens (primary N) is 3. The van der Waals surface area contributed by atoms with Crippen molar-refractivity contribution in [3.8, 4) is 5.75 Å². The molecule has 1 aromatic carbocycles. The van der Waals surface area contributed by atoms with Gasteiger partial charge in [0.05, 0.1) is 6.04 Å².